The number of nitrogens with zero attached hydrogens (tertiary/aromatic N) is 2. The van der Waals surface area contributed by atoms with Crippen LogP contribution in [0.5, 0.6) is 0 Å². The molecule has 0 saturated heterocycles. The molecule has 154 valence electrons. The monoisotopic (exact) mass is 414 g/mol. The van der Waals surface area contributed by atoms with Crippen LogP contribution in [0, 0.1) is 6.92 Å². The summed E-state index contributed by atoms with van der Waals surface area (Å²) in [6.07, 6.45) is 0. The smallest absolute Gasteiger partial charge is 0.113 e. The van der Waals surface area contributed by atoms with Gasteiger partial charge in [-0.15, -0.1) is 0 Å². The Morgan fingerprint density at radius 3 is 1.60 bits per heavy atom. The van der Waals surface area contributed by atoms with E-state index in [9.17, 15) is 0 Å². The van der Waals surface area contributed by atoms with Crippen LogP contribution in [0.3, 0.4) is 0 Å². The van der Waals surface area contributed by atoms with E-state index in [2.05, 4.69) is 107 Å². The quantitative estimate of drug-likeness (QED) is 0.333. The molecule has 30 heavy (non-hydrogen) atoms. The number of fused-ring (bicyclic) bond motifs is 1. The van der Waals surface area contributed by atoms with E-state index in [0.717, 1.165) is 16.6 Å². The summed E-state index contributed by atoms with van der Waals surface area (Å²) >= 11 is 1.29. The van der Waals surface area contributed by atoms with E-state index in [1.807, 2.05) is 0 Å². The number of aromatic nitrogens is 2. The lowest BCUT2D eigenvalue weighted by Crippen LogP contribution is -2.10. The maximum atomic E-state index is 4.70. The van der Waals surface area contributed by atoms with Gasteiger partial charge in [-0.1, -0.05) is 90.1 Å². The van der Waals surface area contributed by atoms with Crippen LogP contribution in [-0.4, -0.2) is 8.75 Å². The second-order valence-electron chi connectivity index (χ2n) is 10.2. The highest BCUT2D eigenvalue weighted by Crippen LogP contribution is 2.38. The molecular weight excluding hydrogens is 384 g/mol. The molecule has 0 aliphatic carbocycles. The Balaban J connectivity index is 1.83. The Kier molecular flexibility index (Phi) is 5.06. The minimum Gasteiger partial charge on any atom is -0.172 e. The van der Waals surface area contributed by atoms with Gasteiger partial charge >= 0.3 is 0 Å². The van der Waals surface area contributed by atoms with Gasteiger partial charge in [0.05, 0.1) is 11.7 Å². The van der Waals surface area contributed by atoms with Crippen molar-refractivity contribution in [1.82, 2.24) is 8.75 Å². The molecule has 4 aromatic rings. The van der Waals surface area contributed by atoms with Crippen molar-refractivity contribution in [3.63, 3.8) is 0 Å². The van der Waals surface area contributed by atoms with Gasteiger partial charge in [-0.3, -0.25) is 0 Å². The molecule has 0 saturated carbocycles. The predicted octanol–water partition coefficient (Wildman–Crippen LogP) is 7.93. The molecule has 0 fully saturated rings. The van der Waals surface area contributed by atoms with Gasteiger partial charge in [-0.05, 0) is 51.6 Å². The molecule has 0 unspecified atom stereocenters. The third-order valence-corrected chi connectivity index (χ3v) is 6.37. The van der Waals surface area contributed by atoms with Gasteiger partial charge in [-0.25, -0.2) is 0 Å². The molecule has 0 aliphatic rings. The first-order valence-corrected chi connectivity index (χ1v) is 11.3. The van der Waals surface area contributed by atoms with Crippen molar-refractivity contribution in [2.75, 3.05) is 0 Å². The van der Waals surface area contributed by atoms with Gasteiger partial charge in [-0.2, -0.15) is 8.75 Å². The largest absolute Gasteiger partial charge is 0.172 e. The summed E-state index contributed by atoms with van der Waals surface area (Å²) in [4.78, 5) is 0. The van der Waals surface area contributed by atoms with E-state index in [4.69, 9.17) is 4.37 Å². The summed E-state index contributed by atoms with van der Waals surface area (Å²) in [6.45, 7) is 15.6. The fourth-order valence-electron chi connectivity index (χ4n) is 3.94. The van der Waals surface area contributed by atoms with Crippen molar-refractivity contribution in [2.24, 2.45) is 0 Å². The first-order valence-electron chi connectivity index (χ1n) is 10.5. The molecule has 0 bridgehead atoms. The minimum atomic E-state index is 0.147. The fourth-order valence-corrected chi connectivity index (χ4v) is 4.51. The van der Waals surface area contributed by atoms with Gasteiger partial charge in [0.2, 0.25) is 0 Å². The summed E-state index contributed by atoms with van der Waals surface area (Å²) < 4.78 is 9.38. The summed E-state index contributed by atoms with van der Waals surface area (Å²) in [5.74, 6) is 0. The summed E-state index contributed by atoms with van der Waals surface area (Å²) in [5.41, 5.74) is 10.9. The van der Waals surface area contributed by atoms with Gasteiger partial charge in [0.15, 0.2) is 0 Å². The SMILES string of the molecule is Cc1cc(-c2ccc(C(C)(C)C)cc2)c2nsnc2c1-c1ccc(C(C)(C)C)cc1. The van der Waals surface area contributed by atoms with Crippen LogP contribution in [0.2, 0.25) is 0 Å². The third-order valence-electron chi connectivity index (χ3n) is 5.84. The molecule has 0 amide bonds. The zero-order valence-corrected chi connectivity index (χ0v) is 19.8. The maximum Gasteiger partial charge on any atom is 0.113 e. The van der Waals surface area contributed by atoms with E-state index >= 15 is 0 Å². The average Bonchev–Trinajstić information content (AvgIpc) is 3.15. The average molecular weight is 415 g/mol. The van der Waals surface area contributed by atoms with Crippen LogP contribution in [0.15, 0.2) is 54.6 Å². The molecule has 3 aromatic carbocycles. The first kappa shape index (κ1) is 20.7. The van der Waals surface area contributed by atoms with E-state index in [-0.39, 0.29) is 10.8 Å². The van der Waals surface area contributed by atoms with Crippen LogP contribution in [0.4, 0.5) is 0 Å². The highest BCUT2D eigenvalue weighted by atomic mass is 32.1. The normalized spacial score (nSPS) is 12.5. The highest BCUT2D eigenvalue weighted by Gasteiger charge is 2.19. The van der Waals surface area contributed by atoms with Gasteiger partial charge < -0.3 is 0 Å². The molecule has 0 aliphatic heterocycles. The molecule has 0 atom stereocenters. The minimum absolute atomic E-state index is 0.147. The van der Waals surface area contributed by atoms with Crippen LogP contribution < -0.4 is 0 Å². The van der Waals surface area contributed by atoms with Crippen LogP contribution in [0.25, 0.3) is 33.3 Å². The first-order chi connectivity index (χ1) is 14.1. The topological polar surface area (TPSA) is 25.8 Å². The lowest BCUT2D eigenvalue weighted by molar-refractivity contribution is 0.590. The van der Waals surface area contributed by atoms with Crippen molar-refractivity contribution >= 4 is 22.8 Å². The lowest BCUT2D eigenvalue weighted by Gasteiger charge is -2.20. The van der Waals surface area contributed by atoms with Gasteiger partial charge in [0.1, 0.15) is 11.0 Å². The van der Waals surface area contributed by atoms with Crippen LogP contribution >= 0.6 is 11.7 Å². The zero-order valence-electron chi connectivity index (χ0n) is 19.0. The summed E-state index contributed by atoms with van der Waals surface area (Å²) in [5, 5.41) is 0. The molecule has 2 nitrogen and oxygen atoms in total. The number of hydrogen-bond donors (Lipinski definition) is 0. The number of rotatable bonds is 2. The van der Waals surface area contributed by atoms with E-state index in [1.165, 1.54) is 45.1 Å². The number of benzene rings is 3. The standard InChI is InChI=1S/C27H30N2S/c1-17-16-22(18-8-12-20(13-9-18)26(2,3)4)24-25(29-30-28-24)23(17)19-10-14-21(15-11-19)27(5,6)7/h8-16H,1-7H3. The Hall–Kier alpha value is -2.52. The van der Waals surface area contributed by atoms with Crippen LogP contribution in [0.1, 0.15) is 58.2 Å². The van der Waals surface area contributed by atoms with Crippen molar-refractivity contribution in [3.05, 3.63) is 71.3 Å². The maximum absolute atomic E-state index is 4.70. The van der Waals surface area contributed by atoms with Crippen molar-refractivity contribution in [1.29, 1.82) is 0 Å². The second-order valence-corrected chi connectivity index (χ2v) is 10.8. The summed E-state index contributed by atoms with van der Waals surface area (Å²) in [6, 6.07) is 20.1. The Morgan fingerprint density at radius 2 is 1.10 bits per heavy atom. The molecular formula is C27H30N2S. The van der Waals surface area contributed by atoms with Gasteiger partial charge in [0, 0.05) is 11.1 Å². The molecule has 3 heteroatoms. The highest BCUT2D eigenvalue weighted by molar-refractivity contribution is 7.00. The molecule has 1 aromatic heterocycles. The zero-order chi connectivity index (χ0) is 21.7. The molecule has 0 N–H and O–H groups in total. The van der Waals surface area contributed by atoms with Gasteiger partial charge in [0.25, 0.3) is 0 Å². The Labute approximate surface area is 184 Å². The predicted molar refractivity (Wildman–Crippen MR) is 130 cm³/mol. The second kappa shape index (κ2) is 7.31. The van der Waals surface area contributed by atoms with Crippen LogP contribution in [-0.2, 0) is 10.8 Å². The lowest BCUT2D eigenvalue weighted by atomic mass is 9.85. The van der Waals surface area contributed by atoms with E-state index < -0.39 is 0 Å². The summed E-state index contributed by atoms with van der Waals surface area (Å²) in [7, 11) is 0. The Morgan fingerprint density at radius 1 is 0.633 bits per heavy atom. The van der Waals surface area contributed by atoms with E-state index in [1.54, 1.807) is 0 Å². The number of hydrogen-bond acceptors (Lipinski definition) is 3. The van der Waals surface area contributed by atoms with Crippen molar-refractivity contribution in [3.8, 4) is 22.3 Å². The molecule has 0 radical (unpaired) electrons. The van der Waals surface area contributed by atoms with Crippen molar-refractivity contribution < 1.29 is 0 Å². The Bertz CT molecular complexity index is 1190. The molecule has 4 rings (SSSR count). The molecule has 0 spiro atoms. The molecule has 1 heterocycles. The van der Waals surface area contributed by atoms with Crippen molar-refractivity contribution in [2.45, 2.75) is 59.3 Å². The van der Waals surface area contributed by atoms with E-state index in [0.29, 0.717) is 0 Å². The fraction of sp³-hybridized carbons (Fsp3) is 0.333. The third kappa shape index (κ3) is 3.79. The number of aryl methyl sites for hydroxylation is 1.